The van der Waals surface area contributed by atoms with Crippen molar-refractivity contribution in [2.24, 2.45) is 0 Å². The highest BCUT2D eigenvalue weighted by atomic mass is 28.3. The molecule has 0 amide bonds. The van der Waals surface area contributed by atoms with Gasteiger partial charge in [-0.3, -0.25) is 4.57 Å². The van der Waals surface area contributed by atoms with Crippen molar-refractivity contribution in [1.29, 1.82) is 0 Å². The highest BCUT2D eigenvalue weighted by molar-refractivity contribution is 6.76. The van der Waals surface area contributed by atoms with Gasteiger partial charge in [0.1, 0.15) is 12.6 Å². The molecule has 0 aliphatic carbocycles. The van der Waals surface area contributed by atoms with Gasteiger partial charge < -0.3 is 4.74 Å². The molecule has 0 fully saturated rings. The molecular weight excluding hydrogens is 393 g/mol. The summed E-state index contributed by atoms with van der Waals surface area (Å²) in [5.41, 5.74) is 1.27. The van der Waals surface area contributed by atoms with Crippen LogP contribution in [0.3, 0.4) is 0 Å². The lowest BCUT2D eigenvalue weighted by molar-refractivity contribution is -0.137. The summed E-state index contributed by atoms with van der Waals surface area (Å²) >= 11 is 0. The Labute approximate surface area is 170 Å². The molecule has 0 atom stereocenters. The standard InChI is InChI=1S/C22H25F3N2OSi/c1-29(2,3)13-12-28-16-27-20(15-26-21(27)17-8-5-4-6-9-17)18-10-7-11-19(14-18)22(23,24)25/h4-11,14-15H,12-13,16H2,1-3H3. The molecule has 0 bridgehead atoms. The molecule has 0 aliphatic heterocycles. The van der Waals surface area contributed by atoms with Crippen molar-refractivity contribution in [3.8, 4) is 22.6 Å². The highest BCUT2D eigenvalue weighted by Crippen LogP contribution is 2.33. The predicted octanol–water partition coefficient (Wildman–Crippen LogP) is 6.55. The lowest BCUT2D eigenvalue weighted by atomic mass is 10.1. The van der Waals surface area contributed by atoms with Crippen LogP contribution in [0.4, 0.5) is 13.2 Å². The van der Waals surface area contributed by atoms with Gasteiger partial charge in [0.25, 0.3) is 0 Å². The first-order valence-corrected chi connectivity index (χ1v) is 13.2. The number of alkyl halides is 3. The van der Waals surface area contributed by atoms with E-state index in [-0.39, 0.29) is 6.73 Å². The molecule has 7 heteroatoms. The number of imidazole rings is 1. The Morgan fingerprint density at radius 3 is 2.31 bits per heavy atom. The first kappa shape index (κ1) is 21.3. The fraction of sp³-hybridized carbons (Fsp3) is 0.318. The van der Waals surface area contributed by atoms with Crippen molar-refractivity contribution in [2.45, 2.75) is 38.6 Å². The second-order valence-electron chi connectivity index (χ2n) is 8.19. The summed E-state index contributed by atoms with van der Waals surface area (Å²) < 4.78 is 47.3. The number of hydrogen-bond acceptors (Lipinski definition) is 2. The van der Waals surface area contributed by atoms with E-state index in [2.05, 4.69) is 24.6 Å². The number of rotatable bonds is 7. The Morgan fingerprint density at radius 1 is 0.966 bits per heavy atom. The van der Waals surface area contributed by atoms with E-state index in [1.54, 1.807) is 12.3 Å². The summed E-state index contributed by atoms with van der Waals surface area (Å²) in [6.45, 7) is 7.68. The Morgan fingerprint density at radius 2 is 1.66 bits per heavy atom. The Bertz CT molecular complexity index is 947. The molecule has 1 aromatic heterocycles. The smallest absolute Gasteiger partial charge is 0.361 e. The Hall–Kier alpha value is -2.38. The minimum Gasteiger partial charge on any atom is -0.361 e. The van der Waals surface area contributed by atoms with E-state index < -0.39 is 19.8 Å². The summed E-state index contributed by atoms with van der Waals surface area (Å²) in [6.07, 6.45) is -2.78. The monoisotopic (exact) mass is 418 g/mol. The summed E-state index contributed by atoms with van der Waals surface area (Å²) in [7, 11) is -1.24. The van der Waals surface area contributed by atoms with E-state index in [9.17, 15) is 13.2 Å². The molecule has 2 aromatic carbocycles. The van der Waals surface area contributed by atoms with E-state index >= 15 is 0 Å². The fourth-order valence-corrected chi connectivity index (χ4v) is 3.70. The largest absolute Gasteiger partial charge is 0.416 e. The summed E-state index contributed by atoms with van der Waals surface area (Å²) in [5, 5.41) is 0. The van der Waals surface area contributed by atoms with Gasteiger partial charge in [-0.15, -0.1) is 0 Å². The van der Waals surface area contributed by atoms with Gasteiger partial charge in [0.2, 0.25) is 0 Å². The molecule has 3 aromatic rings. The lowest BCUT2D eigenvalue weighted by Gasteiger charge is -2.17. The van der Waals surface area contributed by atoms with Crippen molar-refractivity contribution >= 4 is 8.07 Å². The quantitative estimate of drug-likeness (QED) is 0.321. The van der Waals surface area contributed by atoms with Crippen LogP contribution in [0.15, 0.2) is 60.8 Å². The summed E-state index contributed by atoms with van der Waals surface area (Å²) in [4.78, 5) is 4.49. The van der Waals surface area contributed by atoms with Gasteiger partial charge >= 0.3 is 6.18 Å². The number of aromatic nitrogens is 2. The van der Waals surface area contributed by atoms with Crippen LogP contribution in [0.1, 0.15) is 5.56 Å². The average Bonchev–Trinajstić information content (AvgIpc) is 3.08. The molecule has 29 heavy (non-hydrogen) atoms. The molecule has 0 saturated heterocycles. The zero-order chi connectivity index (χ0) is 21.1. The van der Waals surface area contributed by atoms with Crippen LogP contribution in [0.5, 0.6) is 0 Å². The van der Waals surface area contributed by atoms with Gasteiger partial charge in [-0.1, -0.05) is 62.1 Å². The number of hydrogen-bond donors (Lipinski definition) is 0. The SMILES string of the molecule is C[Si](C)(C)CCOCn1c(-c2cccc(C(F)(F)F)c2)cnc1-c1ccccc1. The van der Waals surface area contributed by atoms with Crippen LogP contribution >= 0.6 is 0 Å². The van der Waals surface area contributed by atoms with Crippen molar-refractivity contribution in [1.82, 2.24) is 9.55 Å². The lowest BCUT2D eigenvalue weighted by Crippen LogP contribution is -2.22. The maximum atomic E-state index is 13.2. The van der Waals surface area contributed by atoms with Crippen molar-refractivity contribution in [3.63, 3.8) is 0 Å². The molecule has 0 spiro atoms. The van der Waals surface area contributed by atoms with Crippen molar-refractivity contribution < 1.29 is 17.9 Å². The number of benzene rings is 2. The Kier molecular flexibility index (Phi) is 6.29. The van der Waals surface area contributed by atoms with E-state index in [1.807, 2.05) is 34.9 Å². The predicted molar refractivity (Wildman–Crippen MR) is 112 cm³/mol. The third kappa shape index (κ3) is 5.58. The second kappa shape index (κ2) is 8.55. The minimum atomic E-state index is -4.39. The van der Waals surface area contributed by atoms with Crippen LogP contribution in [-0.4, -0.2) is 24.2 Å². The minimum absolute atomic E-state index is 0.236. The van der Waals surface area contributed by atoms with Crippen molar-refractivity contribution in [3.05, 3.63) is 66.4 Å². The van der Waals surface area contributed by atoms with Crippen LogP contribution < -0.4 is 0 Å². The molecule has 3 rings (SSSR count). The maximum Gasteiger partial charge on any atom is 0.416 e. The molecule has 3 nitrogen and oxygen atoms in total. The van der Waals surface area contributed by atoms with E-state index in [0.717, 1.165) is 23.7 Å². The first-order chi connectivity index (χ1) is 13.6. The van der Waals surface area contributed by atoms with Gasteiger partial charge in [-0.05, 0) is 18.2 Å². The zero-order valence-corrected chi connectivity index (χ0v) is 17.8. The molecule has 0 aliphatic rings. The highest BCUT2D eigenvalue weighted by Gasteiger charge is 2.30. The average molecular weight is 419 g/mol. The van der Waals surface area contributed by atoms with Crippen LogP contribution in [-0.2, 0) is 17.6 Å². The zero-order valence-electron chi connectivity index (χ0n) is 16.8. The van der Waals surface area contributed by atoms with Gasteiger partial charge in [-0.25, -0.2) is 4.98 Å². The fourth-order valence-electron chi connectivity index (χ4n) is 2.94. The first-order valence-electron chi connectivity index (χ1n) is 9.51. The number of nitrogens with zero attached hydrogens (tertiary/aromatic N) is 2. The molecule has 0 unspecified atom stereocenters. The topological polar surface area (TPSA) is 27.1 Å². The third-order valence-electron chi connectivity index (χ3n) is 4.59. The third-order valence-corrected chi connectivity index (χ3v) is 6.29. The molecule has 0 saturated carbocycles. The number of ether oxygens (including phenoxy) is 1. The van der Waals surface area contributed by atoms with Crippen LogP contribution in [0.2, 0.25) is 25.7 Å². The second-order valence-corrected chi connectivity index (χ2v) is 13.8. The molecule has 0 N–H and O–H groups in total. The molecule has 0 radical (unpaired) electrons. The van der Waals surface area contributed by atoms with E-state index in [1.165, 1.54) is 6.07 Å². The molecular formula is C22H25F3N2OSi. The van der Waals surface area contributed by atoms with Crippen LogP contribution in [0.25, 0.3) is 22.6 Å². The Balaban J connectivity index is 1.96. The van der Waals surface area contributed by atoms with Crippen molar-refractivity contribution in [2.75, 3.05) is 6.61 Å². The van der Waals surface area contributed by atoms with Gasteiger partial charge in [0.15, 0.2) is 0 Å². The van der Waals surface area contributed by atoms with Gasteiger partial charge in [0.05, 0.1) is 17.5 Å². The summed E-state index contributed by atoms with van der Waals surface area (Å²) in [5.74, 6) is 0.672. The normalized spacial score (nSPS) is 12.3. The molecule has 1 heterocycles. The van der Waals surface area contributed by atoms with Gasteiger partial charge in [0, 0.05) is 25.8 Å². The van der Waals surface area contributed by atoms with Gasteiger partial charge in [-0.2, -0.15) is 13.2 Å². The van der Waals surface area contributed by atoms with E-state index in [0.29, 0.717) is 23.7 Å². The number of halogens is 3. The maximum absolute atomic E-state index is 13.2. The molecule has 154 valence electrons. The summed E-state index contributed by atoms with van der Waals surface area (Å²) in [6, 6.07) is 15.9. The van der Waals surface area contributed by atoms with Crippen LogP contribution in [0, 0.1) is 0 Å². The van der Waals surface area contributed by atoms with E-state index in [4.69, 9.17) is 4.74 Å².